The molecule has 0 saturated carbocycles. The van der Waals surface area contributed by atoms with Gasteiger partial charge in [-0.3, -0.25) is 0 Å². The summed E-state index contributed by atoms with van der Waals surface area (Å²) in [5, 5.41) is 0. The first kappa shape index (κ1) is 10.9. The second-order valence-corrected chi connectivity index (χ2v) is 3.08. The Bertz CT molecular complexity index is 76.0. The highest BCUT2D eigenvalue weighted by atomic mass is 16.6. The predicted molar refractivity (Wildman–Crippen MR) is 48.1 cm³/mol. The minimum Gasteiger partial charge on any atom is -0.305 e. The molecule has 0 heterocycles. The Labute approximate surface area is 70.1 Å². The fourth-order valence-corrected chi connectivity index (χ4v) is 1.42. The minimum atomic E-state index is 0.709. The summed E-state index contributed by atoms with van der Waals surface area (Å²) in [4.78, 5) is 4.51. The van der Waals surface area contributed by atoms with Gasteiger partial charge in [0.1, 0.15) is 0 Å². The lowest BCUT2D eigenvalue weighted by molar-refractivity contribution is 0.129. The Kier molecular flexibility index (Phi) is 7.96. The average molecular weight is 159 g/mol. The van der Waals surface area contributed by atoms with Gasteiger partial charge in [0.2, 0.25) is 0 Å². The Hall–Kier alpha value is -0.0800. The first-order valence-corrected chi connectivity index (χ1v) is 4.66. The molecule has 11 heavy (non-hydrogen) atoms. The minimum absolute atomic E-state index is 0.709. The molecule has 2 heteroatoms. The molecule has 2 N–H and O–H groups in total. The largest absolute Gasteiger partial charge is 0.305 e. The van der Waals surface area contributed by atoms with Gasteiger partial charge in [0, 0.05) is 0 Å². The standard InChI is InChI=1S/C9H21NO/c1-3-6-9(4-2)7-5-8-11-10/h9H,3-8,10H2,1-2H3. The van der Waals surface area contributed by atoms with Crippen LogP contribution in [0.15, 0.2) is 0 Å². The number of nitrogens with two attached hydrogens (primary N) is 1. The van der Waals surface area contributed by atoms with E-state index in [1.807, 2.05) is 0 Å². The molecule has 0 fully saturated rings. The Morgan fingerprint density at radius 2 is 2.00 bits per heavy atom. The summed E-state index contributed by atoms with van der Waals surface area (Å²) in [6.45, 7) is 5.20. The van der Waals surface area contributed by atoms with Gasteiger partial charge < -0.3 is 4.84 Å². The van der Waals surface area contributed by atoms with Gasteiger partial charge in [-0.25, -0.2) is 5.90 Å². The van der Waals surface area contributed by atoms with Crippen molar-refractivity contribution >= 4 is 0 Å². The van der Waals surface area contributed by atoms with Gasteiger partial charge in [-0.15, -0.1) is 0 Å². The van der Waals surface area contributed by atoms with Crippen molar-refractivity contribution in [2.24, 2.45) is 11.8 Å². The Morgan fingerprint density at radius 3 is 2.45 bits per heavy atom. The third kappa shape index (κ3) is 6.32. The summed E-state index contributed by atoms with van der Waals surface area (Å²) in [7, 11) is 0. The zero-order chi connectivity index (χ0) is 8.53. The van der Waals surface area contributed by atoms with E-state index < -0.39 is 0 Å². The van der Waals surface area contributed by atoms with Gasteiger partial charge in [0.25, 0.3) is 0 Å². The van der Waals surface area contributed by atoms with Crippen LogP contribution in [-0.4, -0.2) is 6.61 Å². The summed E-state index contributed by atoms with van der Waals surface area (Å²) < 4.78 is 0. The summed E-state index contributed by atoms with van der Waals surface area (Å²) in [5.74, 6) is 5.81. The van der Waals surface area contributed by atoms with Crippen molar-refractivity contribution in [2.45, 2.75) is 46.0 Å². The monoisotopic (exact) mass is 159 g/mol. The summed E-state index contributed by atoms with van der Waals surface area (Å²) in [6, 6.07) is 0. The molecule has 0 amide bonds. The molecule has 0 radical (unpaired) electrons. The molecule has 1 atom stereocenters. The lowest BCUT2D eigenvalue weighted by Crippen LogP contribution is -2.04. The zero-order valence-electron chi connectivity index (χ0n) is 7.81. The van der Waals surface area contributed by atoms with Gasteiger partial charge in [-0.05, 0) is 18.8 Å². The van der Waals surface area contributed by atoms with Crippen LogP contribution in [0, 0.1) is 5.92 Å². The highest BCUT2D eigenvalue weighted by Gasteiger charge is 2.03. The maximum absolute atomic E-state index is 4.93. The van der Waals surface area contributed by atoms with E-state index in [1.165, 1.54) is 25.7 Å². The van der Waals surface area contributed by atoms with E-state index in [1.54, 1.807) is 0 Å². The molecule has 0 aliphatic rings. The van der Waals surface area contributed by atoms with Crippen molar-refractivity contribution in [3.8, 4) is 0 Å². The first-order chi connectivity index (χ1) is 5.35. The van der Waals surface area contributed by atoms with E-state index in [4.69, 9.17) is 5.90 Å². The number of hydrogen-bond acceptors (Lipinski definition) is 2. The topological polar surface area (TPSA) is 35.2 Å². The molecular weight excluding hydrogens is 138 g/mol. The van der Waals surface area contributed by atoms with Crippen molar-refractivity contribution in [1.29, 1.82) is 0 Å². The lowest BCUT2D eigenvalue weighted by Gasteiger charge is -2.12. The van der Waals surface area contributed by atoms with Crippen molar-refractivity contribution in [1.82, 2.24) is 0 Å². The highest BCUT2D eigenvalue weighted by Crippen LogP contribution is 2.16. The molecule has 0 aromatic heterocycles. The predicted octanol–water partition coefficient (Wildman–Crippen LogP) is 2.48. The molecule has 0 bridgehead atoms. The fraction of sp³-hybridized carbons (Fsp3) is 1.00. The van der Waals surface area contributed by atoms with E-state index in [2.05, 4.69) is 18.7 Å². The molecule has 0 saturated heterocycles. The van der Waals surface area contributed by atoms with Crippen LogP contribution >= 0.6 is 0 Å². The summed E-state index contributed by atoms with van der Waals surface area (Å²) in [5.41, 5.74) is 0. The van der Waals surface area contributed by atoms with E-state index in [0.717, 1.165) is 12.3 Å². The summed E-state index contributed by atoms with van der Waals surface area (Å²) in [6.07, 6.45) is 6.30. The summed E-state index contributed by atoms with van der Waals surface area (Å²) >= 11 is 0. The van der Waals surface area contributed by atoms with Crippen LogP contribution in [0.5, 0.6) is 0 Å². The van der Waals surface area contributed by atoms with Gasteiger partial charge in [-0.2, -0.15) is 0 Å². The highest BCUT2D eigenvalue weighted by molar-refractivity contribution is 4.55. The normalized spacial score (nSPS) is 13.4. The zero-order valence-corrected chi connectivity index (χ0v) is 7.81. The van der Waals surface area contributed by atoms with Gasteiger partial charge in [-0.1, -0.05) is 33.1 Å². The van der Waals surface area contributed by atoms with Crippen molar-refractivity contribution in [2.75, 3.05) is 6.61 Å². The van der Waals surface area contributed by atoms with Gasteiger partial charge in [0.15, 0.2) is 0 Å². The van der Waals surface area contributed by atoms with Gasteiger partial charge in [0.05, 0.1) is 6.61 Å². The maximum atomic E-state index is 4.93. The molecule has 0 aliphatic heterocycles. The van der Waals surface area contributed by atoms with E-state index in [0.29, 0.717) is 6.61 Å². The average Bonchev–Trinajstić information content (AvgIpc) is 2.03. The molecule has 2 nitrogen and oxygen atoms in total. The fourth-order valence-electron chi connectivity index (χ4n) is 1.42. The molecule has 0 rings (SSSR count). The third-order valence-electron chi connectivity index (χ3n) is 2.15. The first-order valence-electron chi connectivity index (χ1n) is 4.66. The van der Waals surface area contributed by atoms with Crippen molar-refractivity contribution < 1.29 is 4.84 Å². The molecule has 1 unspecified atom stereocenters. The quantitative estimate of drug-likeness (QED) is 0.457. The lowest BCUT2D eigenvalue weighted by atomic mass is 9.96. The second-order valence-electron chi connectivity index (χ2n) is 3.08. The van der Waals surface area contributed by atoms with Crippen LogP contribution in [0.4, 0.5) is 0 Å². The van der Waals surface area contributed by atoms with Crippen LogP contribution < -0.4 is 5.90 Å². The van der Waals surface area contributed by atoms with Crippen LogP contribution in [0.3, 0.4) is 0 Å². The van der Waals surface area contributed by atoms with Crippen LogP contribution in [0.1, 0.15) is 46.0 Å². The van der Waals surface area contributed by atoms with Gasteiger partial charge >= 0.3 is 0 Å². The van der Waals surface area contributed by atoms with Crippen molar-refractivity contribution in [3.63, 3.8) is 0 Å². The van der Waals surface area contributed by atoms with Crippen LogP contribution in [0.25, 0.3) is 0 Å². The third-order valence-corrected chi connectivity index (χ3v) is 2.15. The molecule has 0 aromatic carbocycles. The Morgan fingerprint density at radius 1 is 1.27 bits per heavy atom. The second kappa shape index (κ2) is 8.02. The maximum Gasteiger partial charge on any atom is 0.0679 e. The van der Waals surface area contributed by atoms with E-state index in [-0.39, 0.29) is 0 Å². The van der Waals surface area contributed by atoms with E-state index in [9.17, 15) is 0 Å². The van der Waals surface area contributed by atoms with Crippen LogP contribution in [-0.2, 0) is 4.84 Å². The number of rotatable bonds is 7. The van der Waals surface area contributed by atoms with Crippen LogP contribution in [0.2, 0.25) is 0 Å². The Balaban J connectivity index is 3.20. The molecule has 0 aromatic rings. The van der Waals surface area contributed by atoms with E-state index >= 15 is 0 Å². The number of hydrogen-bond donors (Lipinski definition) is 1. The van der Waals surface area contributed by atoms with Crippen molar-refractivity contribution in [3.05, 3.63) is 0 Å². The molecular formula is C9H21NO. The molecule has 0 spiro atoms. The SMILES string of the molecule is CCCC(CC)CCCON. The molecule has 0 aliphatic carbocycles. The smallest absolute Gasteiger partial charge is 0.0679 e. The molecule has 68 valence electrons.